The molecule has 6 nitrogen and oxygen atoms in total. The summed E-state index contributed by atoms with van der Waals surface area (Å²) in [7, 11) is 0. The molecule has 194 valence electrons. The maximum absolute atomic E-state index is 14.1. The van der Waals surface area contributed by atoms with Crippen molar-refractivity contribution in [3.8, 4) is 16.9 Å². The van der Waals surface area contributed by atoms with Crippen molar-refractivity contribution in [2.45, 2.75) is 19.1 Å². The Morgan fingerprint density at radius 3 is 2.46 bits per heavy atom. The number of halogens is 3. The van der Waals surface area contributed by atoms with Crippen LogP contribution in [0.4, 0.5) is 13.2 Å². The number of nitrogens with one attached hydrogen (secondary N) is 1. The average molecular weight is 526 g/mol. The molecule has 6 rings (SSSR count). The van der Waals surface area contributed by atoms with Gasteiger partial charge in [-0.15, -0.1) is 0 Å². The van der Waals surface area contributed by atoms with Crippen molar-refractivity contribution in [1.29, 1.82) is 0 Å². The van der Waals surface area contributed by atoms with Gasteiger partial charge in [0, 0.05) is 23.6 Å². The molecule has 3 heterocycles. The zero-order chi connectivity index (χ0) is 27.1. The topological polar surface area (TPSA) is 64.2 Å². The van der Waals surface area contributed by atoms with Gasteiger partial charge < -0.3 is 9.88 Å². The van der Waals surface area contributed by atoms with Crippen molar-refractivity contribution in [2.24, 2.45) is 0 Å². The van der Waals surface area contributed by atoms with Gasteiger partial charge in [0.1, 0.15) is 5.56 Å². The monoisotopic (exact) mass is 525 g/mol. The maximum Gasteiger partial charge on any atom is 0.433 e. The van der Waals surface area contributed by atoms with E-state index in [2.05, 4.69) is 15.4 Å². The summed E-state index contributed by atoms with van der Waals surface area (Å²) in [4.78, 5) is 17.9. The van der Waals surface area contributed by atoms with Crippen LogP contribution in [0.15, 0.2) is 104 Å². The molecule has 1 N–H and O–H groups in total. The quantitative estimate of drug-likeness (QED) is 0.268. The normalized spacial score (nSPS) is 12.6. The highest BCUT2D eigenvalue weighted by atomic mass is 19.4. The zero-order valence-electron chi connectivity index (χ0n) is 20.7. The van der Waals surface area contributed by atoms with E-state index in [0.717, 1.165) is 34.3 Å². The second-order valence-electron chi connectivity index (χ2n) is 9.23. The van der Waals surface area contributed by atoms with E-state index in [1.807, 2.05) is 90.6 Å². The lowest BCUT2D eigenvalue weighted by molar-refractivity contribution is -0.142. The lowest BCUT2D eigenvalue weighted by Crippen LogP contribution is -2.27. The fourth-order valence-electron chi connectivity index (χ4n) is 4.73. The molecule has 0 spiro atoms. The fourth-order valence-corrected chi connectivity index (χ4v) is 4.73. The number of hydrogen-bond donors (Lipinski definition) is 1. The third-order valence-electron chi connectivity index (χ3n) is 6.69. The highest BCUT2D eigenvalue weighted by Crippen LogP contribution is 2.35. The maximum atomic E-state index is 14.1. The van der Waals surface area contributed by atoms with E-state index in [4.69, 9.17) is 0 Å². The second-order valence-corrected chi connectivity index (χ2v) is 9.23. The molecule has 9 heteroatoms. The van der Waals surface area contributed by atoms with E-state index in [0.29, 0.717) is 10.1 Å². The standard InChI is InChI=1S/C30H22F3N5O/c1-19(21-10-6-11-22(16-21)37-14-4-5-15-37)35-29(39)25-18-34-38-27(30(31,32)33)17-26(36-28(25)38)24-13-7-9-20-8-2-3-12-23(20)24/h2-19H,1H3,(H,35,39). The van der Waals surface area contributed by atoms with E-state index in [9.17, 15) is 18.0 Å². The van der Waals surface area contributed by atoms with Crippen LogP contribution >= 0.6 is 0 Å². The molecule has 0 aliphatic carbocycles. The summed E-state index contributed by atoms with van der Waals surface area (Å²) in [5.41, 5.74) is 1.17. The number of hydrogen-bond acceptors (Lipinski definition) is 3. The number of benzene rings is 3. The van der Waals surface area contributed by atoms with Gasteiger partial charge in [0.15, 0.2) is 11.3 Å². The first-order valence-electron chi connectivity index (χ1n) is 12.3. The second kappa shape index (κ2) is 9.43. The van der Waals surface area contributed by atoms with Gasteiger partial charge in [-0.2, -0.15) is 18.3 Å². The minimum Gasteiger partial charge on any atom is -0.345 e. The summed E-state index contributed by atoms with van der Waals surface area (Å²) >= 11 is 0. The van der Waals surface area contributed by atoms with Gasteiger partial charge in [0.05, 0.1) is 17.9 Å². The Bertz CT molecular complexity index is 1820. The summed E-state index contributed by atoms with van der Waals surface area (Å²) in [5, 5.41) is 8.41. The smallest absolute Gasteiger partial charge is 0.345 e. The molecule has 0 saturated heterocycles. The highest BCUT2D eigenvalue weighted by Gasteiger charge is 2.36. The Morgan fingerprint density at radius 2 is 1.67 bits per heavy atom. The molecular formula is C30H22F3N5O. The van der Waals surface area contributed by atoms with Crippen molar-refractivity contribution in [3.05, 3.63) is 120 Å². The lowest BCUT2D eigenvalue weighted by Gasteiger charge is -2.16. The number of rotatable bonds is 5. The van der Waals surface area contributed by atoms with Crippen LogP contribution in [0.5, 0.6) is 0 Å². The Balaban J connectivity index is 1.40. The molecule has 3 aromatic carbocycles. The van der Waals surface area contributed by atoms with Crippen LogP contribution in [0.25, 0.3) is 33.4 Å². The van der Waals surface area contributed by atoms with Gasteiger partial charge in [-0.1, -0.05) is 54.6 Å². The van der Waals surface area contributed by atoms with Crippen LogP contribution < -0.4 is 5.32 Å². The minimum atomic E-state index is -4.72. The van der Waals surface area contributed by atoms with E-state index in [-0.39, 0.29) is 16.9 Å². The van der Waals surface area contributed by atoms with Crippen LogP contribution in [-0.4, -0.2) is 25.1 Å². The van der Waals surface area contributed by atoms with Gasteiger partial charge in [0.2, 0.25) is 0 Å². The van der Waals surface area contributed by atoms with Crippen molar-refractivity contribution in [2.75, 3.05) is 0 Å². The molecule has 0 radical (unpaired) electrons. The number of fused-ring (bicyclic) bond motifs is 2. The summed E-state index contributed by atoms with van der Waals surface area (Å²) in [6.07, 6.45) is 0.243. The highest BCUT2D eigenvalue weighted by molar-refractivity contribution is 6.01. The number of nitrogens with zero attached hydrogens (tertiary/aromatic N) is 4. The Hall–Kier alpha value is -4.92. The molecule has 0 bridgehead atoms. The summed E-state index contributed by atoms with van der Waals surface area (Å²) < 4.78 is 45.0. The zero-order valence-corrected chi connectivity index (χ0v) is 20.7. The molecule has 0 aliphatic heterocycles. The van der Waals surface area contributed by atoms with Crippen LogP contribution in [0.3, 0.4) is 0 Å². The van der Waals surface area contributed by atoms with E-state index < -0.39 is 23.8 Å². The van der Waals surface area contributed by atoms with Crippen LogP contribution in [0.1, 0.15) is 34.6 Å². The number of alkyl halides is 3. The molecule has 1 amide bonds. The SMILES string of the molecule is CC(NC(=O)c1cnn2c(C(F)(F)F)cc(-c3cccc4ccccc34)nc12)c1cccc(-n2cccc2)c1. The number of amides is 1. The van der Waals surface area contributed by atoms with Gasteiger partial charge in [0.25, 0.3) is 5.91 Å². The predicted molar refractivity (Wildman–Crippen MR) is 143 cm³/mol. The molecule has 1 unspecified atom stereocenters. The van der Waals surface area contributed by atoms with Crippen LogP contribution in [0, 0.1) is 0 Å². The molecule has 3 aromatic heterocycles. The summed E-state index contributed by atoms with van der Waals surface area (Å²) in [6, 6.07) is 24.8. The first-order chi connectivity index (χ1) is 18.8. The van der Waals surface area contributed by atoms with Crippen LogP contribution in [0.2, 0.25) is 0 Å². The average Bonchev–Trinajstić information content (AvgIpc) is 3.62. The summed E-state index contributed by atoms with van der Waals surface area (Å²) in [5.74, 6) is -0.570. The number of carbonyl (C=O) groups excluding carboxylic acids is 1. The van der Waals surface area contributed by atoms with Crippen LogP contribution in [-0.2, 0) is 6.18 Å². The van der Waals surface area contributed by atoms with Gasteiger partial charge in [-0.3, -0.25) is 4.79 Å². The van der Waals surface area contributed by atoms with Gasteiger partial charge >= 0.3 is 6.18 Å². The third kappa shape index (κ3) is 4.52. The molecule has 0 aliphatic rings. The predicted octanol–water partition coefficient (Wildman–Crippen LogP) is 6.85. The van der Waals surface area contributed by atoms with Crippen molar-refractivity contribution >= 4 is 22.3 Å². The minimum absolute atomic E-state index is 0.0454. The van der Waals surface area contributed by atoms with E-state index in [1.165, 1.54) is 0 Å². The molecule has 1 atom stereocenters. The molecular weight excluding hydrogens is 503 g/mol. The number of carbonyl (C=O) groups is 1. The number of aromatic nitrogens is 4. The van der Waals surface area contributed by atoms with E-state index in [1.54, 1.807) is 12.1 Å². The van der Waals surface area contributed by atoms with Gasteiger partial charge in [-0.05, 0) is 53.6 Å². The lowest BCUT2D eigenvalue weighted by atomic mass is 10.0. The summed E-state index contributed by atoms with van der Waals surface area (Å²) in [6.45, 7) is 1.81. The largest absolute Gasteiger partial charge is 0.433 e. The van der Waals surface area contributed by atoms with Crippen molar-refractivity contribution in [1.82, 2.24) is 24.5 Å². The van der Waals surface area contributed by atoms with Crippen molar-refractivity contribution < 1.29 is 18.0 Å². The van der Waals surface area contributed by atoms with E-state index >= 15 is 0 Å². The molecule has 6 aromatic rings. The molecule has 0 saturated carbocycles. The third-order valence-corrected chi connectivity index (χ3v) is 6.69. The Labute approximate surface area is 221 Å². The van der Waals surface area contributed by atoms with Crippen molar-refractivity contribution in [3.63, 3.8) is 0 Å². The van der Waals surface area contributed by atoms with Gasteiger partial charge in [-0.25, -0.2) is 9.50 Å². The molecule has 39 heavy (non-hydrogen) atoms. The first-order valence-corrected chi connectivity index (χ1v) is 12.3. The Kier molecular flexibility index (Phi) is 5.91. The fraction of sp³-hybridized carbons (Fsp3) is 0.100. The molecule has 0 fully saturated rings. The Morgan fingerprint density at radius 1 is 0.923 bits per heavy atom. The first kappa shape index (κ1) is 24.4.